The van der Waals surface area contributed by atoms with Gasteiger partial charge in [-0.3, -0.25) is 29.8 Å². The third-order valence-corrected chi connectivity index (χ3v) is 4.48. The molecule has 3 rings (SSSR count). The molecule has 0 atom stereocenters. The van der Waals surface area contributed by atoms with Crippen LogP contribution in [0.2, 0.25) is 0 Å². The van der Waals surface area contributed by atoms with Gasteiger partial charge in [-0.1, -0.05) is 18.6 Å². The maximum absolute atomic E-state index is 11.9. The number of hydrazine groups is 1. The maximum atomic E-state index is 11.9. The molecular weight excluding hydrogens is 352 g/mol. The average Bonchev–Trinajstić information content (AvgIpc) is 2.84. The molecule has 1 fully saturated rings. The first kappa shape index (κ1) is 18.7. The number of benzene rings is 1. The van der Waals surface area contributed by atoms with E-state index in [9.17, 15) is 19.2 Å². The third kappa shape index (κ3) is 4.75. The van der Waals surface area contributed by atoms with Gasteiger partial charge in [0.15, 0.2) is 5.58 Å². The van der Waals surface area contributed by atoms with Crippen LogP contribution < -0.4 is 16.6 Å². The van der Waals surface area contributed by atoms with Gasteiger partial charge in [-0.15, -0.1) is 0 Å². The summed E-state index contributed by atoms with van der Waals surface area (Å²) in [5.74, 6) is -1.47. The molecule has 1 saturated heterocycles. The largest absolute Gasteiger partial charge is 0.419 e. The van der Waals surface area contributed by atoms with Gasteiger partial charge in [-0.05, 0) is 25.0 Å². The Morgan fingerprint density at radius 1 is 1.04 bits per heavy atom. The summed E-state index contributed by atoms with van der Waals surface area (Å²) in [6, 6.07) is 6.95. The van der Waals surface area contributed by atoms with Crippen molar-refractivity contribution in [3.05, 3.63) is 34.8 Å². The predicted octanol–water partition coefficient (Wildman–Crippen LogP) is 0.535. The minimum atomic E-state index is -0.535. The fraction of sp³-hybridized carbons (Fsp3) is 0.444. The summed E-state index contributed by atoms with van der Waals surface area (Å²) in [5, 5.41) is 0. The van der Waals surface area contributed by atoms with Gasteiger partial charge in [0.05, 0.1) is 5.52 Å². The van der Waals surface area contributed by atoms with Gasteiger partial charge in [0, 0.05) is 25.9 Å². The molecule has 0 aliphatic carbocycles. The average molecular weight is 374 g/mol. The first-order valence-corrected chi connectivity index (χ1v) is 8.98. The fourth-order valence-electron chi connectivity index (χ4n) is 3.06. The first-order valence-electron chi connectivity index (χ1n) is 8.98. The van der Waals surface area contributed by atoms with E-state index in [2.05, 4.69) is 10.9 Å². The molecule has 1 aromatic heterocycles. The second-order valence-corrected chi connectivity index (χ2v) is 6.46. The zero-order chi connectivity index (χ0) is 19.2. The molecule has 9 heteroatoms. The van der Waals surface area contributed by atoms with Crippen LogP contribution in [0.4, 0.5) is 0 Å². The first-order chi connectivity index (χ1) is 13.0. The monoisotopic (exact) mass is 374 g/mol. The van der Waals surface area contributed by atoms with Gasteiger partial charge in [0.1, 0.15) is 6.54 Å². The highest BCUT2D eigenvalue weighted by atomic mass is 16.4. The van der Waals surface area contributed by atoms with E-state index in [0.717, 1.165) is 19.3 Å². The molecule has 3 amide bonds. The van der Waals surface area contributed by atoms with Crippen molar-refractivity contribution in [3.63, 3.8) is 0 Å². The topological polar surface area (TPSA) is 114 Å². The van der Waals surface area contributed by atoms with E-state index >= 15 is 0 Å². The molecule has 0 radical (unpaired) electrons. The van der Waals surface area contributed by atoms with Crippen molar-refractivity contribution < 1.29 is 18.8 Å². The summed E-state index contributed by atoms with van der Waals surface area (Å²) < 4.78 is 6.47. The molecule has 1 aliphatic rings. The molecule has 1 aliphatic heterocycles. The molecule has 2 N–H and O–H groups in total. The van der Waals surface area contributed by atoms with Crippen LogP contribution in [-0.4, -0.2) is 40.3 Å². The number of carbonyl (C=O) groups excluding carboxylic acids is 3. The van der Waals surface area contributed by atoms with Gasteiger partial charge >= 0.3 is 5.76 Å². The van der Waals surface area contributed by atoms with Crippen LogP contribution in [-0.2, 0) is 20.9 Å². The number of aromatic nitrogens is 1. The van der Waals surface area contributed by atoms with Crippen LogP contribution in [0.5, 0.6) is 0 Å². The van der Waals surface area contributed by atoms with Gasteiger partial charge < -0.3 is 9.32 Å². The molecule has 0 unspecified atom stereocenters. The van der Waals surface area contributed by atoms with Gasteiger partial charge in [0.2, 0.25) is 11.8 Å². The Morgan fingerprint density at radius 3 is 2.67 bits per heavy atom. The van der Waals surface area contributed by atoms with Crippen molar-refractivity contribution in [2.24, 2.45) is 0 Å². The molecule has 0 bridgehead atoms. The van der Waals surface area contributed by atoms with E-state index < -0.39 is 17.6 Å². The normalized spacial score (nSPS) is 14.8. The number of carbonyl (C=O) groups is 3. The van der Waals surface area contributed by atoms with E-state index in [4.69, 9.17) is 4.42 Å². The number of para-hydroxylation sites is 2. The number of oxazole rings is 1. The second kappa shape index (κ2) is 8.52. The summed E-state index contributed by atoms with van der Waals surface area (Å²) in [4.78, 5) is 49.1. The van der Waals surface area contributed by atoms with Crippen LogP contribution in [0.15, 0.2) is 33.5 Å². The Bertz CT molecular complexity index is 901. The van der Waals surface area contributed by atoms with Crippen molar-refractivity contribution in [2.45, 2.75) is 38.6 Å². The number of hydrogen-bond acceptors (Lipinski definition) is 5. The van der Waals surface area contributed by atoms with Crippen molar-refractivity contribution in [1.29, 1.82) is 0 Å². The summed E-state index contributed by atoms with van der Waals surface area (Å²) in [6.07, 6.45) is 3.14. The molecule has 1 aromatic carbocycles. The smallest absolute Gasteiger partial charge is 0.408 e. The van der Waals surface area contributed by atoms with E-state index in [1.807, 2.05) is 0 Å². The number of amides is 3. The van der Waals surface area contributed by atoms with Gasteiger partial charge in [-0.2, -0.15) is 0 Å². The summed E-state index contributed by atoms with van der Waals surface area (Å²) in [6.45, 7) is 0.601. The van der Waals surface area contributed by atoms with Crippen LogP contribution in [0.1, 0.15) is 32.1 Å². The number of hydrogen-bond donors (Lipinski definition) is 2. The summed E-state index contributed by atoms with van der Waals surface area (Å²) in [7, 11) is 0. The Hall–Kier alpha value is -3.10. The lowest BCUT2D eigenvalue weighted by molar-refractivity contribution is -0.136. The number of likely N-dealkylation sites (tertiary alicyclic amines) is 1. The second-order valence-electron chi connectivity index (χ2n) is 6.46. The van der Waals surface area contributed by atoms with Crippen LogP contribution in [0.3, 0.4) is 0 Å². The molecule has 2 aromatic rings. The number of rotatable bonds is 5. The van der Waals surface area contributed by atoms with E-state index in [-0.39, 0.29) is 25.4 Å². The van der Waals surface area contributed by atoms with Gasteiger partial charge in [0.25, 0.3) is 5.91 Å². The fourth-order valence-corrected chi connectivity index (χ4v) is 3.06. The lowest BCUT2D eigenvalue weighted by Crippen LogP contribution is -2.47. The Kier molecular flexibility index (Phi) is 5.90. The number of nitrogens with one attached hydrogen (secondary N) is 2. The number of nitrogens with zero attached hydrogens (tertiary/aromatic N) is 2. The SMILES string of the molecule is O=C(CCn1c(=O)oc2ccccc21)NNC(=O)CN1CCCCCC1=O. The highest BCUT2D eigenvalue weighted by Gasteiger charge is 2.19. The van der Waals surface area contributed by atoms with Gasteiger partial charge in [-0.25, -0.2) is 4.79 Å². The lowest BCUT2D eigenvalue weighted by atomic mass is 10.2. The Morgan fingerprint density at radius 2 is 1.81 bits per heavy atom. The quantitative estimate of drug-likeness (QED) is 0.742. The van der Waals surface area contributed by atoms with Crippen molar-refractivity contribution >= 4 is 28.8 Å². The molecule has 144 valence electrons. The summed E-state index contributed by atoms with van der Waals surface area (Å²) >= 11 is 0. The maximum Gasteiger partial charge on any atom is 0.419 e. The molecule has 0 saturated carbocycles. The minimum absolute atomic E-state index is 0.00758. The van der Waals surface area contributed by atoms with Crippen molar-refractivity contribution in [1.82, 2.24) is 20.3 Å². The Balaban J connectivity index is 1.46. The third-order valence-electron chi connectivity index (χ3n) is 4.48. The van der Waals surface area contributed by atoms with Crippen LogP contribution in [0, 0.1) is 0 Å². The molecule has 0 spiro atoms. The number of fused-ring (bicyclic) bond motifs is 1. The molecule has 9 nitrogen and oxygen atoms in total. The molecule has 2 heterocycles. The minimum Gasteiger partial charge on any atom is -0.408 e. The highest BCUT2D eigenvalue weighted by molar-refractivity contribution is 5.86. The highest BCUT2D eigenvalue weighted by Crippen LogP contribution is 2.12. The summed E-state index contributed by atoms with van der Waals surface area (Å²) in [5.41, 5.74) is 5.69. The van der Waals surface area contributed by atoms with Crippen molar-refractivity contribution in [3.8, 4) is 0 Å². The van der Waals surface area contributed by atoms with E-state index in [1.54, 1.807) is 24.3 Å². The van der Waals surface area contributed by atoms with E-state index in [1.165, 1.54) is 9.47 Å². The van der Waals surface area contributed by atoms with Crippen LogP contribution in [0.25, 0.3) is 11.1 Å². The molecular formula is C18H22N4O5. The van der Waals surface area contributed by atoms with E-state index in [0.29, 0.717) is 24.1 Å². The lowest BCUT2D eigenvalue weighted by Gasteiger charge is -2.19. The number of aryl methyl sites for hydroxylation is 1. The molecule has 27 heavy (non-hydrogen) atoms. The van der Waals surface area contributed by atoms with Crippen molar-refractivity contribution in [2.75, 3.05) is 13.1 Å². The zero-order valence-corrected chi connectivity index (χ0v) is 14.9. The predicted molar refractivity (Wildman–Crippen MR) is 96.4 cm³/mol. The zero-order valence-electron chi connectivity index (χ0n) is 14.9. The Labute approximate surface area is 155 Å². The standard InChI is InChI=1S/C18H22N4O5/c23-15(9-11-22-13-6-3-4-7-14(13)27-18(22)26)19-20-16(24)12-21-10-5-1-2-8-17(21)25/h3-4,6-7H,1-2,5,8-12H2,(H,19,23)(H,20,24). The van der Waals surface area contributed by atoms with Crippen LogP contribution >= 0.6 is 0 Å².